The van der Waals surface area contributed by atoms with Crippen LogP contribution in [-0.4, -0.2) is 61.4 Å². The van der Waals surface area contributed by atoms with Crippen LogP contribution in [-0.2, 0) is 14.4 Å². The van der Waals surface area contributed by atoms with Crippen LogP contribution >= 0.6 is 0 Å². The van der Waals surface area contributed by atoms with Crippen molar-refractivity contribution in [2.24, 2.45) is 0 Å². The second-order valence-electron chi connectivity index (χ2n) is 4.90. The van der Waals surface area contributed by atoms with Crippen molar-refractivity contribution in [2.45, 2.75) is 31.3 Å². The number of amides is 3. The largest absolute Gasteiger partial charge is 0.357 e. The summed E-state index contributed by atoms with van der Waals surface area (Å²) in [4.78, 5) is 36.9. The first-order chi connectivity index (χ1) is 9.13. The van der Waals surface area contributed by atoms with E-state index in [0.717, 1.165) is 12.8 Å². The number of hydrogen-bond acceptors (Lipinski definition) is 4. The molecular weight excluding hydrogens is 248 g/mol. The molecule has 2 atom stereocenters. The minimum absolute atomic E-state index is 0.103. The molecule has 106 valence electrons. The highest BCUT2D eigenvalue weighted by Gasteiger charge is 2.36. The van der Waals surface area contributed by atoms with Crippen LogP contribution in [0.5, 0.6) is 0 Å². The van der Waals surface area contributed by atoms with Crippen molar-refractivity contribution in [3.8, 4) is 0 Å². The summed E-state index contributed by atoms with van der Waals surface area (Å²) in [6.45, 7) is 1.03. The molecule has 3 N–H and O–H groups in total. The molecule has 0 bridgehead atoms. The maximum Gasteiger partial charge on any atom is 0.242 e. The van der Waals surface area contributed by atoms with Gasteiger partial charge in [-0.25, -0.2) is 0 Å². The van der Waals surface area contributed by atoms with Crippen molar-refractivity contribution in [2.75, 3.05) is 26.7 Å². The van der Waals surface area contributed by atoms with E-state index in [-0.39, 0.29) is 36.9 Å². The molecule has 0 aromatic heterocycles. The molecule has 19 heavy (non-hydrogen) atoms. The molecule has 0 radical (unpaired) electrons. The lowest BCUT2D eigenvalue weighted by molar-refractivity contribution is -0.144. The van der Waals surface area contributed by atoms with Gasteiger partial charge in [0.15, 0.2) is 0 Å². The van der Waals surface area contributed by atoms with E-state index < -0.39 is 6.04 Å². The van der Waals surface area contributed by atoms with Crippen LogP contribution in [0.2, 0.25) is 0 Å². The molecule has 2 fully saturated rings. The summed E-state index contributed by atoms with van der Waals surface area (Å²) >= 11 is 0. The van der Waals surface area contributed by atoms with E-state index in [9.17, 15) is 14.4 Å². The number of piperazine rings is 1. The zero-order valence-electron chi connectivity index (χ0n) is 11.1. The summed E-state index contributed by atoms with van der Waals surface area (Å²) in [6.07, 6.45) is 2.57. The van der Waals surface area contributed by atoms with Crippen molar-refractivity contribution >= 4 is 17.7 Å². The van der Waals surface area contributed by atoms with E-state index in [0.29, 0.717) is 13.0 Å². The molecule has 0 aromatic carbocycles. The lowest BCUT2D eigenvalue weighted by Crippen LogP contribution is -2.62. The molecule has 0 aromatic rings. The first-order valence-electron chi connectivity index (χ1n) is 6.65. The molecular formula is C12H20N4O3. The van der Waals surface area contributed by atoms with E-state index in [1.54, 1.807) is 11.9 Å². The summed E-state index contributed by atoms with van der Waals surface area (Å²) in [6, 6.07) is -0.811. The monoisotopic (exact) mass is 268 g/mol. The third kappa shape index (κ3) is 3.04. The number of piperidine rings is 1. The van der Waals surface area contributed by atoms with E-state index in [1.165, 1.54) is 0 Å². The van der Waals surface area contributed by atoms with Crippen molar-refractivity contribution in [3.05, 3.63) is 0 Å². The van der Waals surface area contributed by atoms with Crippen molar-refractivity contribution in [1.29, 1.82) is 0 Å². The minimum atomic E-state index is -0.428. The Hall–Kier alpha value is -1.63. The maximum atomic E-state index is 12.4. The summed E-state index contributed by atoms with van der Waals surface area (Å²) in [5.41, 5.74) is 0. The Bertz CT molecular complexity index is 375. The maximum absolute atomic E-state index is 12.4. The standard InChI is InChI=1S/C12H20N4O3/c1-13-11(18)9-4-2-3-5-16(9)12(19)8-6-15-10(17)7-14-8/h8-9,14H,2-7H2,1H3,(H,13,18)(H,15,17). The summed E-state index contributed by atoms with van der Waals surface area (Å²) in [5, 5.41) is 8.18. The molecule has 2 heterocycles. The van der Waals surface area contributed by atoms with Gasteiger partial charge in [0, 0.05) is 20.1 Å². The number of nitrogens with one attached hydrogen (secondary N) is 3. The average Bonchev–Trinajstić information content (AvgIpc) is 2.46. The van der Waals surface area contributed by atoms with Crippen molar-refractivity contribution in [3.63, 3.8) is 0 Å². The van der Waals surface area contributed by atoms with E-state index in [2.05, 4.69) is 16.0 Å². The number of carbonyl (C=O) groups is 3. The van der Waals surface area contributed by atoms with Gasteiger partial charge in [-0.2, -0.15) is 0 Å². The molecule has 3 amide bonds. The lowest BCUT2D eigenvalue weighted by atomic mass is 10.00. The smallest absolute Gasteiger partial charge is 0.242 e. The predicted molar refractivity (Wildman–Crippen MR) is 68.2 cm³/mol. The number of rotatable bonds is 2. The van der Waals surface area contributed by atoms with Crippen LogP contribution in [0.4, 0.5) is 0 Å². The third-order valence-electron chi connectivity index (χ3n) is 3.65. The topological polar surface area (TPSA) is 90.5 Å². The Morgan fingerprint density at radius 3 is 2.79 bits per heavy atom. The highest BCUT2D eigenvalue weighted by Crippen LogP contribution is 2.18. The van der Waals surface area contributed by atoms with Gasteiger partial charge in [-0.05, 0) is 19.3 Å². The zero-order valence-corrected chi connectivity index (χ0v) is 11.1. The Labute approximate surface area is 112 Å². The lowest BCUT2D eigenvalue weighted by Gasteiger charge is -2.37. The zero-order chi connectivity index (χ0) is 13.8. The van der Waals surface area contributed by atoms with Gasteiger partial charge in [0.2, 0.25) is 17.7 Å². The Morgan fingerprint density at radius 1 is 1.37 bits per heavy atom. The Kier molecular flexibility index (Phi) is 4.36. The molecule has 0 aliphatic carbocycles. The molecule has 2 unspecified atom stereocenters. The van der Waals surface area contributed by atoms with E-state index in [1.807, 2.05) is 0 Å². The summed E-state index contributed by atoms with van der Waals surface area (Å²) in [7, 11) is 1.58. The molecule has 2 saturated heterocycles. The minimum Gasteiger partial charge on any atom is -0.357 e. The van der Waals surface area contributed by atoms with E-state index in [4.69, 9.17) is 0 Å². The van der Waals surface area contributed by atoms with Crippen LogP contribution < -0.4 is 16.0 Å². The first-order valence-corrected chi connectivity index (χ1v) is 6.65. The van der Waals surface area contributed by atoms with Crippen LogP contribution in [0.15, 0.2) is 0 Å². The summed E-state index contributed by atoms with van der Waals surface area (Å²) in [5.74, 6) is -0.327. The molecule has 0 spiro atoms. The van der Waals surface area contributed by atoms with Crippen molar-refractivity contribution in [1.82, 2.24) is 20.9 Å². The average molecular weight is 268 g/mol. The van der Waals surface area contributed by atoms with Gasteiger partial charge in [0.25, 0.3) is 0 Å². The fourth-order valence-corrected chi connectivity index (χ4v) is 2.58. The molecule has 0 saturated carbocycles. The Balaban J connectivity index is 2.03. The quantitative estimate of drug-likeness (QED) is 0.551. The molecule has 7 heteroatoms. The fraction of sp³-hybridized carbons (Fsp3) is 0.750. The number of likely N-dealkylation sites (tertiary alicyclic amines) is 1. The first kappa shape index (κ1) is 13.8. The van der Waals surface area contributed by atoms with Crippen molar-refractivity contribution < 1.29 is 14.4 Å². The van der Waals surface area contributed by atoms with E-state index >= 15 is 0 Å². The van der Waals surface area contributed by atoms with Gasteiger partial charge in [-0.3, -0.25) is 19.7 Å². The highest BCUT2D eigenvalue weighted by atomic mass is 16.2. The SMILES string of the molecule is CNC(=O)C1CCCCN1C(=O)C1CNC(=O)CN1. The molecule has 2 aliphatic heterocycles. The summed E-state index contributed by atoms with van der Waals surface area (Å²) < 4.78 is 0. The molecule has 2 aliphatic rings. The predicted octanol–water partition coefficient (Wildman–Crippen LogP) is -1.80. The molecule has 7 nitrogen and oxygen atoms in total. The second kappa shape index (κ2) is 6.01. The normalized spacial score (nSPS) is 27.6. The van der Waals surface area contributed by atoms with Gasteiger partial charge in [-0.15, -0.1) is 0 Å². The second-order valence-corrected chi connectivity index (χ2v) is 4.90. The number of likely N-dealkylation sites (N-methyl/N-ethyl adjacent to an activating group) is 1. The third-order valence-corrected chi connectivity index (χ3v) is 3.65. The number of carbonyl (C=O) groups excluding carboxylic acids is 3. The van der Waals surface area contributed by atoms with Gasteiger partial charge < -0.3 is 15.5 Å². The Morgan fingerprint density at radius 2 is 2.16 bits per heavy atom. The van der Waals surface area contributed by atoms with Gasteiger partial charge >= 0.3 is 0 Å². The highest BCUT2D eigenvalue weighted by molar-refractivity contribution is 5.91. The van der Waals surface area contributed by atoms with Crippen LogP contribution in [0.3, 0.4) is 0 Å². The van der Waals surface area contributed by atoms with Gasteiger partial charge in [0.05, 0.1) is 6.54 Å². The van der Waals surface area contributed by atoms with Crippen LogP contribution in [0.1, 0.15) is 19.3 Å². The fourth-order valence-electron chi connectivity index (χ4n) is 2.58. The van der Waals surface area contributed by atoms with Crippen LogP contribution in [0.25, 0.3) is 0 Å². The van der Waals surface area contributed by atoms with Gasteiger partial charge in [0.1, 0.15) is 12.1 Å². The number of nitrogens with zero attached hydrogens (tertiary/aromatic N) is 1. The van der Waals surface area contributed by atoms with Crippen LogP contribution in [0, 0.1) is 0 Å². The molecule has 2 rings (SSSR count). The van der Waals surface area contributed by atoms with Gasteiger partial charge in [-0.1, -0.05) is 0 Å². The number of hydrogen-bond donors (Lipinski definition) is 3.